The second kappa shape index (κ2) is 11.2. The average Bonchev–Trinajstić information content (AvgIpc) is 3.70. The number of rotatable bonds is 5. The molecule has 0 aliphatic heterocycles. The van der Waals surface area contributed by atoms with Crippen molar-refractivity contribution < 1.29 is 29.1 Å². The van der Waals surface area contributed by atoms with Crippen molar-refractivity contribution in [2.24, 2.45) is 0 Å². The van der Waals surface area contributed by atoms with Crippen molar-refractivity contribution in [2.45, 2.75) is 0 Å². The molecular weight excluding hydrogens is 574 g/mol. The topological polar surface area (TPSA) is 51.8 Å². The molecule has 0 N–H and O–H groups in total. The molecule has 0 atom stereocenters. The Kier molecular flexibility index (Phi) is 3.42. The summed E-state index contributed by atoms with van der Waals surface area (Å²) in [4.78, 5) is 13.6. The first-order valence-corrected chi connectivity index (χ1v) is 14.2. The van der Waals surface area contributed by atoms with Gasteiger partial charge in [-0.15, -0.1) is 0 Å². The molecule has 0 amide bonds. The lowest BCUT2D eigenvalue weighted by Crippen LogP contribution is -2.00. The summed E-state index contributed by atoms with van der Waals surface area (Å²) in [5, 5.41) is -0.635. The first kappa shape index (κ1) is 14.4. The minimum atomic E-state index is -0.714. The molecule has 7 aromatic carbocycles. The van der Waals surface area contributed by atoms with E-state index in [4.69, 9.17) is 26.3 Å². The van der Waals surface area contributed by atoms with Gasteiger partial charge in [-0.05, 0) is 51.2 Å². The Morgan fingerprint density at radius 2 is 1.11 bits per heavy atom. The molecule has 0 saturated carbocycles. The Morgan fingerprint density at radius 3 is 1.96 bits per heavy atom. The summed E-state index contributed by atoms with van der Waals surface area (Å²) in [7, 11) is 0. The third-order valence-corrected chi connectivity index (χ3v) is 7.46. The SMILES string of the molecule is [2H]c1c([2H])c([2H])c(-c2nc(-c3ccc(-c4c([2H])c([2H])c([2H])c5oc6c([2H])c([2H])c([2H])c([2H])c6c45)cc3)nc(-c3c([2H])c([2H])c([2H])c4c([2H])c(-c5ccccc5)c([2H])c([2H])c34)n2)c([2H])c1[2H]. The highest BCUT2D eigenvalue weighted by molar-refractivity contribution is 6.12. The molecule has 0 unspecified atom stereocenters. The van der Waals surface area contributed by atoms with Gasteiger partial charge in [-0.1, -0.05) is 145 Å². The van der Waals surface area contributed by atoms with Gasteiger partial charge >= 0.3 is 0 Å². The molecule has 0 aliphatic carbocycles. The number of para-hydroxylation sites is 1. The minimum absolute atomic E-state index is 0.000270. The van der Waals surface area contributed by atoms with Crippen LogP contribution < -0.4 is 0 Å². The number of aromatic nitrogens is 3. The normalized spacial score (nSPS) is 16.8. The second-order valence-corrected chi connectivity index (χ2v) is 10.3. The van der Waals surface area contributed by atoms with Crippen LogP contribution in [0.5, 0.6) is 0 Å². The maximum atomic E-state index is 9.22. The number of nitrogens with zero attached hydrogens (tertiary/aromatic N) is 3. The van der Waals surface area contributed by atoms with Crippen molar-refractivity contribution in [3.63, 3.8) is 0 Å². The van der Waals surface area contributed by atoms with Gasteiger partial charge in [0.05, 0.1) is 24.7 Å². The van der Waals surface area contributed by atoms with Crippen LogP contribution in [0.25, 0.3) is 89.1 Å². The predicted molar refractivity (Wildman–Crippen MR) is 192 cm³/mol. The molecule has 47 heavy (non-hydrogen) atoms. The van der Waals surface area contributed by atoms with Crippen molar-refractivity contribution in [2.75, 3.05) is 0 Å². The fourth-order valence-electron chi connectivity index (χ4n) is 5.28. The van der Waals surface area contributed by atoms with Crippen LogP contribution in [0.15, 0.2) is 168 Å². The standard InChI is InChI=1S/C43H27N3O/c1-3-11-28(12-4-1)32-25-26-34-33(27-32)15-9-18-36(34)43-45-41(30-13-5-2-6-14-30)44-42(46-43)31-23-21-29(22-24-31)35-17-10-20-39-40(35)37-16-7-8-19-38(37)47-39/h1-27H/i2D,5D,6D,7D,8D,9D,10D,13D,14D,15D,16D,17D,18D,19D,20D,25D,26D,27D. The van der Waals surface area contributed by atoms with Gasteiger partial charge in [-0.2, -0.15) is 0 Å². The fraction of sp³-hybridized carbons (Fsp3) is 0. The first-order chi connectivity index (χ1) is 30.8. The smallest absolute Gasteiger partial charge is 0.164 e. The Balaban J connectivity index is 1.33. The number of hydrogen-bond acceptors (Lipinski definition) is 4. The zero-order valence-electron chi connectivity index (χ0n) is 41.9. The summed E-state index contributed by atoms with van der Waals surface area (Å²) in [5.74, 6) is -1.17. The molecule has 9 aromatic rings. The number of benzene rings is 7. The van der Waals surface area contributed by atoms with Crippen LogP contribution in [-0.4, -0.2) is 15.0 Å². The van der Waals surface area contributed by atoms with Gasteiger partial charge < -0.3 is 4.42 Å². The van der Waals surface area contributed by atoms with E-state index in [1.165, 1.54) is 24.3 Å². The van der Waals surface area contributed by atoms with Crippen molar-refractivity contribution in [1.29, 1.82) is 0 Å². The lowest BCUT2D eigenvalue weighted by Gasteiger charge is -2.12. The van der Waals surface area contributed by atoms with Crippen molar-refractivity contribution in [3.05, 3.63) is 163 Å². The largest absolute Gasteiger partial charge is 0.456 e. The van der Waals surface area contributed by atoms with Crippen molar-refractivity contribution >= 4 is 32.7 Å². The molecule has 4 nitrogen and oxygen atoms in total. The Morgan fingerprint density at radius 1 is 0.426 bits per heavy atom. The molecule has 0 spiro atoms. The van der Waals surface area contributed by atoms with Crippen LogP contribution in [-0.2, 0) is 0 Å². The Hall–Kier alpha value is -6.39. The van der Waals surface area contributed by atoms with Gasteiger partial charge in [0.1, 0.15) is 11.2 Å². The Bertz CT molecular complexity index is 3550. The summed E-state index contributed by atoms with van der Waals surface area (Å²) in [6, 6.07) is 3.78. The molecule has 2 aromatic heterocycles. The van der Waals surface area contributed by atoms with E-state index < -0.39 is 120 Å². The minimum Gasteiger partial charge on any atom is -0.456 e. The highest BCUT2D eigenvalue weighted by Crippen LogP contribution is 2.37. The zero-order valence-corrected chi connectivity index (χ0v) is 23.9. The summed E-state index contributed by atoms with van der Waals surface area (Å²) < 4.78 is 162. The highest BCUT2D eigenvalue weighted by Gasteiger charge is 2.16. The van der Waals surface area contributed by atoms with Crippen LogP contribution >= 0.6 is 0 Å². The fourth-order valence-corrected chi connectivity index (χ4v) is 5.28. The number of hydrogen-bond donors (Lipinski definition) is 0. The van der Waals surface area contributed by atoms with E-state index in [0.717, 1.165) is 0 Å². The number of fused-ring (bicyclic) bond motifs is 4. The summed E-state index contributed by atoms with van der Waals surface area (Å²) in [6.07, 6.45) is 0. The predicted octanol–water partition coefficient (Wildman–Crippen LogP) is 11.3. The molecule has 2 heterocycles. The van der Waals surface area contributed by atoms with Gasteiger partial charge in [0.15, 0.2) is 17.5 Å². The molecule has 0 radical (unpaired) electrons. The quantitative estimate of drug-likeness (QED) is 0.192. The third-order valence-electron chi connectivity index (χ3n) is 7.46. The van der Waals surface area contributed by atoms with Gasteiger partial charge in [0.25, 0.3) is 0 Å². The van der Waals surface area contributed by atoms with Crippen molar-refractivity contribution in [1.82, 2.24) is 15.0 Å². The summed E-state index contributed by atoms with van der Waals surface area (Å²) in [6.45, 7) is 0. The van der Waals surface area contributed by atoms with E-state index in [9.17, 15) is 2.74 Å². The lowest BCUT2D eigenvalue weighted by atomic mass is 9.98. The lowest BCUT2D eigenvalue weighted by molar-refractivity contribution is 0.669. The Labute approximate surface area is 297 Å². The molecular formula is C43H27N3O. The van der Waals surface area contributed by atoms with Crippen molar-refractivity contribution in [3.8, 4) is 56.4 Å². The molecule has 4 heteroatoms. The van der Waals surface area contributed by atoms with Crippen LogP contribution in [0.3, 0.4) is 0 Å². The molecule has 0 bridgehead atoms. The first-order valence-electron chi connectivity index (χ1n) is 23.2. The maximum Gasteiger partial charge on any atom is 0.164 e. The van der Waals surface area contributed by atoms with Crippen LogP contribution in [0.2, 0.25) is 0 Å². The molecule has 220 valence electrons. The van der Waals surface area contributed by atoms with Gasteiger partial charge in [0, 0.05) is 27.5 Å². The van der Waals surface area contributed by atoms with E-state index in [0.29, 0.717) is 5.56 Å². The molecule has 0 aliphatic rings. The van der Waals surface area contributed by atoms with E-state index in [1.807, 2.05) is 0 Å². The monoisotopic (exact) mass is 619 g/mol. The molecule has 9 rings (SSSR count). The van der Waals surface area contributed by atoms with E-state index >= 15 is 0 Å². The van der Waals surface area contributed by atoms with E-state index in [1.54, 1.807) is 30.3 Å². The van der Waals surface area contributed by atoms with Crippen LogP contribution in [0.1, 0.15) is 24.7 Å². The van der Waals surface area contributed by atoms with Gasteiger partial charge in [0.2, 0.25) is 0 Å². The van der Waals surface area contributed by atoms with E-state index in [-0.39, 0.29) is 72.4 Å². The van der Waals surface area contributed by atoms with Crippen LogP contribution in [0, 0.1) is 0 Å². The zero-order chi connectivity index (χ0) is 46.8. The van der Waals surface area contributed by atoms with Gasteiger partial charge in [-0.25, -0.2) is 15.0 Å². The van der Waals surface area contributed by atoms with Crippen LogP contribution in [0.4, 0.5) is 0 Å². The summed E-state index contributed by atoms with van der Waals surface area (Å²) in [5.41, 5.74) is -0.532. The second-order valence-electron chi connectivity index (χ2n) is 10.3. The molecule has 0 fully saturated rings. The average molecular weight is 620 g/mol. The third kappa shape index (κ3) is 4.84. The number of furan rings is 1. The molecule has 0 saturated heterocycles. The van der Waals surface area contributed by atoms with E-state index in [2.05, 4.69) is 15.0 Å². The summed E-state index contributed by atoms with van der Waals surface area (Å²) >= 11 is 0. The maximum absolute atomic E-state index is 9.22. The van der Waals surface area contributed by atoms with Gasteiger partial charge in [-0.3, -0.25) is 0 Å². The highest BCUT2D eigenvalue weighted by atomic mass is 16.3.